The second-order valence-electron chi connectivity index (χ2n) is 20.2. The molecular formula is C59H115NO4. The lowest BCUT2D eigenvalue weighted by Gasteiger charge is -2.21. The number of nitrogens with one attached hydrogen (secondary N) is 1. The number of carbonyl (C=O) groups is 1. The van der Waals surface area contributed by atoms with Crippen molar-refractivity contribution in [3.8, 4) is 0 Å². The average molecular weight is 903 g/mol. The van der Waals surface area contributed by atoms with Crippen LogP contribution in [-0.2, 0) is 4.79 Å². The highest BCUT2D eigenvalue weighted by atomic mass is 16.3. The third-order valence-corrected chi connectivity index (χ3v) is 13.8. The van der Waals surface area contributed by atoms with E-state index in [1.165, 1.54) is 263 Å². The molecule has 0 radical (unpaired) electrons. The number of carbonyl (C=O) groups excluding carboxylic acids is 1. The Hall–Kier alpha value is -1.17. The van der Waals surface area contributed by atoms with Gasteiger partial charge in [0.2, 0.25) is 5.91 Å². The fraction of sp³-hybridized carbons (Fsp3) is 0.915. The summed E-state index contributed by atoms with van der Waals surface area (Å²) in [6.45, 7) is 4.20. The maximum absolute atomic E-state index is 12.5. The first-order valence-electron chi connectivity index (χ1n) is 29.2. The molecule has 0 aliphatic rings. The molecule has 1 amide bonds. The molecule has 0 bridgehead atoms. The number of aliphatic hydroxyl groups excluding tert-OH is 3. The second kappa shape index (κ2) is 54.4. The first kappa shape index (κ1) is 62.8. The lowest BCUT2D eigenvalue weighted by molar-refractivity contribution is -0.131. The van der Waals surface area contributed by atoms with Gasteiger partial charge in [-0.2, -0.15) is 0 Å². The van der Waals surface area contributed by atoms with Crippen LogP contribution in [0.5, 0.6) is 0 Å². The zero-order valence-electron chi connectivity index (χ0n) is 43.4. The first-order chi connectivity index (χ1) is 31.6. The van der Waals surface area contributed by atoms with Gasteiger partial charge in [0.25, 0.3) is 0 Å². The number of allylic oxidation sites excluding steroid dienone is 3. The van der Waals surface area contributed by atoms with E-state index in [1.807, 2.05) is 6.08 Å². The molecule has 0 saturated heterocycles. The predicted octanol–water partition coefficient (Wildman–Crippen LogP) is 18.1. The molecule has 0 fully saturated rings. The second-order valence-corrected chi connectivity index (χ2v) is 20.2. The van der Waals surface area contributed by atoms with Gasteiger partial charge in [-0.25, -0.2) is 0 Å². The van der Waals surface area contributed by atoms with E-state index in [4.69, 9.17) is 0 Å². The van der Waals surface area contributed by atoms with Crippen LogP contribution in [0.15, 0.2) is 24.3 Å². The molecule has 0 aliphatic carbocycles. The summed E-state index contributed by atoms with van der Waals surface area (Å²) < 4.78 is 0. The molecule has 5 heteroatoms. The Bertz CT molecular complexity index is 951. The van der Waals surface area contributed by atoms with Crippen molar-refractivity contribution in [3.05, 3.63) is 24.3 Å². The Morgan fingerprint density at radius 3 is 0.953 bits per heavy atom. The number of amides is 1. The third-order valence-electron chi connectivity index (χ3n) is 13.8. The summed E-state index contributed by atoms with van der Waals surface area (Å²) >= 11 is 0. The standard InChI is InChI=1S/C59H115NO4/c1-3-5-7-9-11-13-15-17-19-21-22-23-24-25-26-27-28-29-30-31-32-33-34-35-36-37-38-40-42-44-46-48-50-52-54-58(63)59(64)60-56(55-61)57(62)53-51-49-47-45-43-41-39-20-18-16-14-12-10-8-6-4-2/h43,45,51,53,56-58,61-63H,3-42,44,46-50,52,54-55H2,1-2H3,(H,60,64)/b45-43+,53-51+. The Balaban J connectivity index is 3.48. The van der Waals surface area contributed by atoms with E-state index in [0.29, 0.717) is 6.42 Å². The summed E-state index contributed by atoms with van der Waals surface area (Å²) in [7, 11) is 0. The Labute approximate surface area is 401 Å². The summed E-state index contributed by atoms with van der Waals surface area (Å²) in [5.41, 5.74) is 0. The lowest BCUT2D eigenvalue weighted by Crippen LogP contribution is -2.48. The smallest absolute Gasteiger partial charge is 0.249 e. The van der Waals surface area contributed by atoms with Gasteiger partial charge >= 0.3 is 0 Å². The van der Waals surface area contributed by atoms with Gasteiger partial charge in [0.1, 0.15) is 6.10 Å². The summed E-state index contributed by atoms with van der Waals surface area (Å²) in [4.78, 5) is 12.5. The van der Waals surface area contributed by atoms with Gasteiger partial charge in [-0.3, -0.25) is 4.79 Å². The van der Waals surface area contributed by atoms with Crippen molar-refractivity contribution in [2.75, 3.05) is 6.61 Å². The van der Waals surface area contributed by atoms with Crippen molar-refractivity contribution in [3.63, 3.8) is 0 Å². The molecule has 380 valence electrons. The fourth-order valence-corrected chi connectivity index (χ4v) is 9.26. The van der Waals surface area contributed by atoms with Crippen molar-refractivity contribution in [1.29, 1.82) is 0 Å². The van der Waals surface area contributed by atoms with Gasteiger partial charge in [-0.15, -0.1) is 0 Å². The van der Waals surface area contributed by atoms with Crippen LogP contribution in [0.1, 0.15) is 322 Å². The van der Waals surface area contributed by atoms with Gasteiger partial charge in [-0.1, -0.05) is 314 Å². The predicted molar refractivity (Wildman–Crippen MR) is 282 cm³/mol. The molecule has 3 atom stereocenters. The molecule has 4 N–H and O–H groups in total. The van der Waals surface area contributed by atoms with Gasteiger partial charge in [0.05, 0.1) is 18.8 Å². The van der Waals surface area contributed by atoms with Crippen molar-refractivity contribution in [2.45, 2.75) is 340 Å². The monoisotopic (exact) mass is 902 g/mol. The summed E-state index contributed by atoms with van der Waals surface area (Å²) in [6.07, 6.45) is 70.0. The Morgan fingerprint density at radius 1 is 0.375 bits per heavy atom. The van der Waals surface area contributed by atoms with Crippen molar-refractivity contribution in [1.82, 2.24) is 5.32 Å². The van der Waals surface area contributed by atoms with Crippen LogP contribution in [0.4, 0.5) is 0 Å². The number of aliphatic hydroxyl groups is 3. The molecule has 64 heavy (non-hydrogen) atoms. The zero-order valence-corrected chi connectivity index (χ0v) is 43.4. The van der Waals surface area contributed by atoms with E-state index in [-0.39, 0.29) is 6.61 Å². The molecular weight excluding hydrogens is 787 g/mol. The Kier molecular flexibility index (Phi) is 53.4. The highest BCUT2D eigenvalue weighted by Gasteiger charge is 2.22. The van der Waals surface area contributed by atoms with E-state index in [2.05, 4.69) is 31.3 Å². The number of unbranched alkanes of at least 4 members (excludes halogenated alkanes) is 44. The van der Waals surface area contributed by atoms with E-state index in [0.717, 1.165) is 38.5 Å². The molecule has 0 spiro atoms. The van der Waals surface area contributed by atoms with Crippen molar-refractivity contribution >= 4 is 5.91 Å². The molecule has 0 saturated carbocycles. The molecule has 0 aromatic rings. The fourth-order valence-electron chi connectivity index (χ4n) is 9.26. The zero-order chi connectivity index (χ0) is 46.5. The topological polar surface area (TPSA) is 89.8 Å². The van der Waals surface area contributed by atoms with Crippen LogP contribution >= 0.6 is 0 Å². The lowest BCUT2D eigenvalue weighted by atomic mass is 10.0. The van der Waals surface area contributed by atoms with Crippen LogP contribution in [0.2, 0.25) is 0 Å². The summed E-state index contributed by atoms with van der Waals surface area (Å²) in [5.74, 6) is -0.507. The van der Waals surface area contributed by atoms with Crippen LogP contribution < -0.4 is 5.32 Å². The molecule has 0 aromatic heterocycles. The molecule has 3 unspecified atom stereocenters. The third kappa shape index (κ3) is 48.8. The van der Waals surface area contributed by atoms with E-state index in [9.17, 15) is 20.1 Å². The average Bonchev–Trinajstić information content (AvgIpc) is 3.30. The number of rotatable bonds is 54. The maximum atomic E-state index is 12.5. The van der Waals surface area contributed by atoms with Gasteiger partial charge in [-0.05, 0) is 32.1 Å². The minimum Gasteiger partial charge on any atom is -0.394 e. The van der Waals surface area contributed by atoms with Gasteiger partial charge in [0.15, 0.2) is 0 Å². The molecule has 0 rings (SSSR count). The van der Waals surface area contributed by atoms with Crippen molar-refractivity contribution < 1.29 is 20.1 Å². The summed E-state index contributed by atoms with van der Waals surface area (Å²) in [6, 6.07) is -0.812. The highest BCUT2D eigenvalue weighted by Crippen LogP contribution is 2.18. The van der Waals surface area contributed by atoms with Crippen LogP contribution in [0.3, 0.4) is 0 Å². The van der Waals surface area contributed by atoms with Crippen LogP contribution in [0.25, 0.3) is 0 Å². The highest BCUT2D eigenvalue weighted by molar-refractivity contribution is 5.80. The van der Waals surface area contributed by atoms with Gasteiger partial charge in [0, 0.05) is 0 Å². The molecule has 0 heterocycles. The van der Waals surface area contributed by atoms with Gasteiger partial charge < -0.3 is 20.6 Å². The largest absolute Gasteiger partial charge is 0.394 e. The first-order valence-corrected chi connectivity index (χ1v) is 29.2. The van der Waals surface area contributed by atoms with Crippen LogP contribution in [0, 0.1) is 0 Å². The quantitative estimate of drug-likeness (QED) is 0.0362. The minimum atomic E-state index is -1.10. The Morgan fingerprint density at radius 2 is 0.641 bits per heavy atom. The molecule has 5 nitrogen and oxygen atoms in total. The van der Waals surface area contributed by atoms with E-state index < -0.39 is 24.2 Å². The van der Waals surface area contributed by atoms with Crippen molar-refractivity contribution in [2.24, 2.45) is 0 Å². The SMILES string of the molecule is CCCCCCCCCCCC/C=C/CC/C=C/C(O)C(CO)NC(=O)C(O)CCCCCCCCCCCCCCCCCCCCCCCCCCCCCCCCCCCC. The van der Waals surface area contributed by atoms with E-state index >= 15 is 0 Å². The van der Waals surface area contributed by atoms with Crippen LogP contribution in [-0.4, -0.2) is 46.1 Å². The van der Waals surface area contributed by atoms with E-state index in [1.54, 1.807) is 6.08 Å². The molecule has 0 aliphatic heterocycles. The normalized spacial score (nSPS) is 13.4. The maximum Gasteiger partial charge on any atom is 0.249 e. The summed E-state index contributed by atoms with van der Waals surface area (Å²) in [5, 5.41) is 33.3. The number of hydrogen-bond donors (Lipinski definition) is 4. The minimum absolute atomic E-state index is 0.373. The number of hydrogen-bond acceptors (Lipinski definition) is 4. The molecule has 0 aromatic carbocycles.